The van der Waals surface area contributed by atoms with Crippen LogP contribution in [0.5, 0.6) is 0 Å². The van der Waals surface area contributed by atoms with Crippen LogP contribution in [0.4, 0.5) is 10.5 Å². The van der Waals surface area contributed by atoms with Crippen LogP contribution in [0.15, 0.2) is 24.3 Å². The fraction of sp³-hybridized carbons (Fsp3) is 0.467. The number of nitrogens with one attached hydrogen (secondary N) is 1. The van der Waals surface area contributed by atoms with Gasteiger partial charge in [0.05, 0.1) is 6.42 Å². The van der Waals surface area contributed by atoms with Crippen LogP contribution in [0.25, 0.3) is 0 Å². The van der Waals surface area contributed by atoms with Crippen molar-refractivity contribution in [2.75, 3.05) is 18.9 Å². The van der Waals surface area contributed by atoms with Crippen LogP contribution in [-0.4, -0.2) is 35.6 Å². The molecule has 0 atom stereocenters. The van der Waals surface area contributed by atoms with Gasteiger partial charge >= 0.3 is 12.0 Å². The molecule has 2 amide bonds. The zero-order valence-electron chi connectivity index (χ0n) is 12.4. The molecule has 0 fully saturated rings. The molecule has 5 heteroatoms. The van der Waals surface area contributed by atoms with Crippen LogP contribution in [0, 0.1) is 0 Å². The summed E-state index contributed by atoms with van der Waals surface area (Å²) in [7, 11) is 1.58. The van der Waals surface area contributed by atoms with Crippen LogP contribution < -0.4 is 5.32 Å². The molecule has 1 rings (SSSR count). The molecule has 0 unspecified atom stereocenters. The van der Waals surface area contributed by atoms with E-state index in [1.54, 1.807) is 7.05 Å². The maximum absolute atomic E-state index is 12.0. The van der Waals surface area contributed by atoms with E-state index in [4.69, 9.17) is 5.11 Å². The number of urea groups is 1. The molecule has 0 bridgehead atoms. The summed E-state index contributed by atoms with van der Waals surface area (Å²) >= 11 is 0. The minimum atomic E-state index is -0.917. The van der Waals surface area contributed by atoms with E-state index in [1.165, 1.54) is 4.90 Å². The fourth-order valence-electron chi connectivity index (χ4n) is 1.82. The number of rotatable bonds is 4. The molecule has 0 saturated heterocycles. The number of amides is 2. The van der Waals surface area contributed by atoms with E-state index in [0.29, 0.717) is 0 Å². The third-order valence-electron chi connectivity index (χ3n) is 2.98. The SMILES string of the molecule is CN(CCC(=O)O)C(=O)Nc1ccccc1C(C)(C)C. The number of hydrogen-bond donors (Lipinski definition) is 2. The summed E-state index contributed by atoms with van der Waals surface area (Å²) in [6, 6.07) is 7.33. The number of carbonyl (C=O) groups excluding carboxylic acids is 1. The summed E-state index contributed by atoms with van der Waals surface area (Å²) in [6.45, 7) is 6.41. The Kier molecular flexibility index (Phi) is 5.13. The molecule has 0 spiro atoms. The monoisotopic (exact) mass is 278 g/mol. The maximum atomic E-state index is 12.0. The fourth-order valence-corrected chi connectivity index (χ4v) is 1.82. The lowest BCUT2D eigenvalue weighted by Gasteiger charge is -2.24. The summed E-state index contributed by atoms with van der Waals surface area (Å²) in [5, 5.41) is 11.5. The molecule has 1 aromatic rings. The van der Waals surface area contributed by atoms with Gasteiger partial charge in [-0.2, -0.15) is 0 Å². The predicted octanol–water partition coefficient (Wildman–Crippen LogP) is 2.92. The second-order valence-electron chi connectivity index (χ2n) is 5.79. The van der Waals surface area contributed by atoms with Gasteiger partial charge in [-0.05, 0) is 17.0 Å². The van der Waals surface area contributed by atoms with Crippen LogP contribution in [0.1, 0.15) is 32.8 Å². The first-order chi connectivity index (χ1) is 9.21. The Hall–Kier alpha value is -2.04. The van der Waals surface area contributed by atoms with Crippen LogP contribution >= 0.6 is 0 Å². The topological polar surface area (TPSA) is 69.6 Å². The van der Waals surface area contributed by atoms with Crippen molar-refractivity contribution in [3.05, 3.63) is 29.8 Å². The summed E-state index contributed by atoms with van der Waals surface area (Å²) in [6.07, 6.45) is -0.0646. The van der Waals surface area contributed by atoms with E-state index in [2.05, 4.69) is 26.1 Å². The maximum Gasteiger partial charge on any atom is 0.321 e. The van der Waals surface area contributed by atoms with Crippen molar-refractivity contribution in [1.29, 1.82) is 0 Å². The summed E-state index contributed by atoms with van der Waals surface area (Å²) in [5.41, 5.74) is 1.72. The van der Waals surface area contributed by atoms with Gasteiger partial charge in [0.1, 0.15) is 0 Å². The van der Waals surface area contributed by atoms with Gasteiger partial charge in [-0.25, -0.2) is 4.79 Å². The molecule has 5 nitrogen and oxygen atoms in total. The number of para-hydroxylation sites is 1. The number of carboxylic acid groups (broad SMARTS) is 1. The van der Waals surface area contributed by atoms with Crippen molar-refractivity contribution in [2.45, 2.75) is 32.6 Å². The van der Waals surface area contributed by atoms with Crippen molar-refractivity contribution >= 4 is 17.7 Å². The molecular weight excluding hydrogens is 256 g/mol. The van der Waals surface area contributed by atoms with E-state index in [9.17, 15) is 9.59 Å². The first kappa shape index (κ1) is 16.0. The molecule has 0 aliphatic carbocycles. The minimum absolute atomic E-state index is 0.0646. The van der Waals surface area contributed by atoms with Crippen LogP contribution in [0.2, 0.25) is 0 Å². The highest BCUT2D eigenvalue weighted by atomic mass is 16.4. The predicted molar refractivity (Wildman–Crippen MR) is 79.0 cm³/mol. The molecule has 20 heavy (non-hydrogen) atoms. The first-order valence-corrected chi connectivity index (χ1v) is 6.55. The Morgan fingerprint density at radius 1 is 1.25 bits per heavy atom. The van der Waals surface area contributed by atoms with Gasteiger partial charge in [-0.1, -0.05) is 39.0 Å². The molecule has 0 radical (unpaired) electrons. The van der Waals surface area contributed by atoms with Gasteiger partial charge in [-0.3, -0.25) is 4.79 Å². The molecular formula is C15H22N2O3. The van der Waals surface area contributed by atoms with Crippen molar-refractivity contribution in [3.8, 4) is 0 Å². The van der Waals surface area contributed by atoms with Gasteiger partial charge in [0.25, 0.3) is 0 Å². The lowest BCUT2D eigenvalue weighted by Crippen LogP contribution is -2.33. The Labute approximate surface area is 119 Å². The van der Waals surface area contributed by atoms with E-state index in [-0.39, 0.29) is 24.4 Å². The molecule has 0 aliphatic rings. The number of carbonyl (C=O) groups is 2. The number of benzene rings is 1. The molecule has 0 aliphatic heterocycles. The second-order valence-corrected chi connectivity index (χ2v) is 5.79. The highest BCUT2D eigenvalue weighted by Gasteiger charge is 2.19. The minimum Gasteiger partial charge on any atom is -0.481 e. The second kappa shape index (κ2) is 6.41. The van der Waals surface area contributed by atoms with Gasteiger partial charge in [-0.15, -0.1) is 0 Å². The number of anilines is 1. The summed E-state index contributed by atoms with van der Waals surface area (Å²) in [5.74, 6) is -0.917. The van der Waals surface area contributed by atoms with Crippen LogP contribution in [0.3, 0.4) is 0 Å². The zero-order chi connectivity index (χ0) is 15.3. The Morgan fingerprint density at radius 2 is 1.85 bits per heavy atom. The first-order valence-electron chi connectivity index (χ1n) is 6.55. The number of hydrogen-bond acceptors (Lipinski definition) is 2. The molecule has 0 heterocycles. The normalized spacial score (nSPS) is 11.0. The Bertz CT molecular complexity index is 492. The summed E-state index contributed by atoms with van der Waals surface area (Å²) in [4.78, 5) is 23.9. The van der Waals surface area contributed by atoms with Gasteiger partial charge in [0, 0.05) is 19.3 Å². The molecule has 1 aromatic carbocycles. The molecule has 2 N–H and O–H groups in total. The third-order valence-corrected chi connectivity index (χ3v) is 2.98. The summed E-state index contributed by atoms with van der Waals surface area (Å²) < 4.78 is 0. The van der Waals surface area contributed by atoms with Gasteiger partial charge < -0.3 is 15.3 Å². The van der Waals surface area contributed by atoms with E-state index in [1.807, 2.05) is 24.3 Å². The number of aliphatic carboxylic acids is 1. The lowest BCUT2D eigenvalue weighted by molar-refractivity contribution is -0.137. The molecule has 0 aromatic heterocycles. The average Bonchev–Trinajstić information content (AvgIpc) is 2.35. The van der Waals surface area contributed by atoms with Crippen molar-refractivity contribution in [1.82, 2.24) is 4.90 Å². The average molecular weight is 278 g/mol. The van der Waals surface area contributed by atoms with E-state index in [0.717, 1.165) is 11.3 Å². The highest BCUT2D eigenvalue weighted by molar-refractivity contribution is 5.90. The van der Waals surface area contributed by atoms with Crippen molar-refractivity contribution in [2.24, 2.45) is 0 Å². The molecule has 110 valence electrons. The standard InChI is InChI=1S/C15H22N2O3/c1-15(2,3)11-7-5-6-8-12(11)16-14(20)17(4)10-9-13(18)19/h5-8H,9-10H2,1-4H3,(H,16,20)(H,18,19). The van der Waals surface area contributed by atoms with Gasteiger partial charge in [0.15, 0.2) is 0 Å². The number of carboxylic acids is 1. The quantitative estimate of drug-likeness (QED) is 0.889. The third kappa shape index (κ3) is 4.57. The zero-order valence-corrected chi connectivity index (χ0v) is 12.4. The Morgan fingerprint density at radius 3 is 2.40 bits per heavy atom. The highest BCUT2D eigenvalue weighted by Crippen LogP contribution is 2.29. The van der Waals surface area contributed by atoms with Crippen LogP contribution in [-0.2, 0) is 10.2 Å². The van der Waals surface area contributed by atoms with Crippen molar-refractivity contribution in [3.63, 3.8) is 0 Å². The smallest absolute Gasteiger partial charge is 0.321 e. The van der Waals surface area contributed by atoms with Crippen molar-refractivity contribution < 1.29 is 14.7 Å². The van der Waals surface area contributed by atoms with E-state index >= 15 is 0 Å². The van der Waals surface area contributed by atoms with Gasteiger partial charge in [0.2, 0.25) is 0 Å². The Balaban J connectivity index is 2.78. The van der Waals surface area contributed by atoms with E-state index < -0.39 is 5.97 Å². The lowest BCUT2D eigenvalue weighted by atomic mass is 9.86. The largest absolute Gasteiger partial charge is 0.481 e. The number of nitrogens with zero attached hydrogens (tertiary/aromatic N) is 1. The molecule has 0 saturated carbocycles.